The number of fused-ring (bicyclic) bond motifs is 1. The van der Waals surface area contributed by atoms with Gasteiger partial charge >= 0.3 is 0 Å². The molecule has 33 heavy (non-hydrogen) atoms. The standard InChI is InChI=1S/C20H24FN9O2S/c1-27-5-3-18(26-27)33(31,32)30-8-6-28(7-9-30)16(10-21)13-29-12-15(11-25-29)19-17-2-4-22-20(17)24-14-23-19/h2-5,11-12,14,16H,6-10,13H2,1H3,(H,22,23,24). The van der Waals surface area contributed by atoms with E-state index < -0.39 is 22.7 Å². The van der Waals surface area contributed by atoms with Gasteiger partial charge in [0.25, 0.3) is 10.0 Å². The smallest absolute Gasteiger partial charge is 0.262 e. The average molecular weight is 474 g/mol. The molecule has 174 valence electrons. The molecule has 1 fully saturated rings. The first-order valence-electron chi connectivity index (χ1n) is 10.6. The third kappa shape index (κ3) is 4.14. The lowest BCUT2D eigenvalue weighted by atomic mass is 10.2. The van der Waals surface area contributed by atoms with Crippen molar-refractivity contribution in [2.45, 2.75) is 17.6 Å². The summed E-state index contributed by atoms with van der Waals surface area (Å²) in [5.41, 5.74) is 2.33. The van der Waals surface area contributed by atoms with Crippen LogP contribution in [0.4, 0.5) is 4.39 Å². The van der Waals surface area contributed by atoms with E-state index in [9.17, 15) is 12.8 Å². The van der Waals surface area contributed by atoms with Gasteiger partial charge in [0.1, 0.15) is 18.6 Å². The Morgan fingerprint density at radius 1 is 1.18 bits per heavy atom. The van der Waals surface area contributed by atoms with Crippen LogP contribution in [0.5, 0.6) is 0 Å². The molecule has 0 bridgehead atoms. The van der Waals surface area contributed by atoms with Crippen LogP contribution in [-0.2, 0) is 23.6 Å². The lowest BCUT2D eigenvalue weighted by molar-refractivity contribution is 0.104. The number of aryl methyl sites for hydroxylation is 1. The predicted molar refractivity (Wildman–Crippen MR) is 118 cm³/mol. The third-order valence-electron chi connectivity index (χ3n) is 5.92. The van der Waals surface area contributed by atoms with Gasteiger partial charge in [-0.05, 0) is 12.1 Å². The summed E-state index contributed by atoms with van der Waals surface area (Å²) in [6.45, 7) is 1.23. The van der Waals surface area contributed by atoms with Crippen molar-refractivity contribution in [3.8, 4) is 11.3 Å². The molecule has 0 aliphatic carbocycles. The fourth-order valence-electron chi connectivity index (χ4n) is 4.14. The highest BCUT2D eigenvalue weighted by Gasteiger charge is 2.32. The maximum Gasteiger partial charge on any atom is 0.262 e. The first-order valence-corrected chi connectivity index (χ1v) is 12.0. The van der Waals surface area contributed by atoms with E-state index >= 15 is 0 Å². The van der Waals surface area contributed by atoms with E-state index in [-0.39, 0.29) is 18.1 Å². The molecular weight excluding hydrogens is 449 g/mol. The molecular formula is C20H24FN9O2S. The van der Waals surface area contributed by atoms with Gasteiger partial charge in [0.15, 0.2) is 5.03 Å². The number of sulfonamides is 1. The van der Waals surface area contributed by atoms with E-state index in [1.807, 2.05) is 17.2 Å². The van der Waals surface area contributed by atoms with Gasteiger partial charge < -0.3 is 4.98 Å². The van der Waals surface area contributed by atoms with Crippen LogP contribution in [0.1, 0.15) is 0 Å². The van der Waals surface area contributed by atoms with Gasteiger partial charge in [0, 0.05) is 62.8 Å². The largest absolute Gasteiger partial charge is 0.346 e. The topological polar surface area (TPSA) is 118 Å². The Bertz CT molecular complexity index is 1350. The molecule has 1 N–H and O–H groups in total. The summed E-state index contributed by atoms with van der Waals surface area (Å²) >= 11 is 0. The van der Waals surface area contributed by atoms with Crippen molar-refractivity contribution >= 4 is 21.1 Å². The average Bonchev–Trinajstić information content (AvgIpc) is 3.58. The number of aromatic amines is 1. The highest BCUT2D eigenvalue weighted by atomic mass is 32.2. The number of rotatable bonds is 7. The van der Waals surface area contributed by atoms with Crippen molar-refractivity contribution < 1.29 is 12.8 Å². The van der Waals surface area contributed by atoms with Gasteiger partial charge in [-0.1, -0.05) is 0 Å². The minimum absolute atomic E-state index is 0.0332. The lowest BCUT2D eigenvalue weighted by Crippen LogP contribution is -2.53. The molecule has 1 aliphatic rings. The van der Waals surface area contributed by atoms with Gasteiger partial charge in [0.05, 0.1) is 24.5 Å². The zero-order valence-corrected chi connectivity index (χ0v) is 18.9. The zero-order chi connectivity index (χ0) is 23.0. The number of piperazine rings is 1. The van der Waals surface area contributed by atoms with Crippen molar-refractivity contribution in [2.75, 3.05) is 32.9 Å². The molecule has 5 heterocycles. The second kappa shape index (κ2) is 8.65. The molecule has 4 aromatic rings. The SMILES string of the molecule is Cn1ccc(S(=O)(=O)N2CCN(C(CF)Cn3cc(-c4ncnc5[nH]ccc45)cn3)CC2)n1. The first kappa shape index (κ1) is 21.7. The van der Waals surface area contributed by atoms with Crippen molar-refractivity contribution in [1.82, 2.24) is 43.7 Å². The van der Waals surface area contributed by atoms with Gasteiger partial charge in [-0.25, -0.2) is 22.8 Å². The van der Waals surface area contributed by atoms with Crippen LogP contribution in [0.2, 0.25) is 0 Å². The number of hydrogen-bond donors (Lipinski definition) is 1. The van der Waals surface area contributed by atoms with Gasteiger partial charge in [-0.3, -0.25) is 14.3 Å². The molecule has 5 rings (SSSR count). The Balaban J connectivity index is 1.25. The van der Waals surface area contributed by atoms with E-state index in [1.165, 1.54) is 21.4 Å². The van der Waals surface area contributed by atoms with Crippen molar-refractivity contribution in [1.29, 1.82) is 0 Å². The van der Waals surface area contributed by atoms with E-state index in [4.69, 9.17) is 0 Å². The number of halogens is 1. The molecule has 1 aliphatic heterocycles. The Labute approximate surface area is 189 Å². The van der Waals surface area contributed by atoms with E-state index in [1.54, 1.807) is 30.3 Å². The number of aromatic nitrogens is 7. The molecule has 0 radical (unpaired) electrons. The van der Waals surface area contributed by atoms with E-state index in [2.05, 4.69) is 25.1 Å². The Morgan fingerprint density at radius 2 is 2.00 bits per heavy atom. The monoisotopic (exact) mass is 473 g/mol. The quantitative estimate of drug-likeness (QED) is 0.424. The molecule has 0 amide bonds. The van der Waals surface area contributed by atoms with Crippen LogP contribution < -0.4 is 0 Å². The Hall–Kier alpha value is -3.16. The minimum Gasteiger partial charge on any atom is -0.346 e. The summed E-state index contributed by atoms with van der Waals surface area (Å²) in [5, 5.41) is 9.34. The molecule has 0 saturated carbocycles. The van der Waals surface area contributed by atoms with Gasteiger partial charge in [0.2, 0.25) is 0 Å². The van der Waals surface area contributed by atoms with Crippen molar-refractivity contribution in [3.63, 3.8) is 0 Å². The summed E-state index contributed by atoms with van der Waals surface area (Å²) in [6.07, 6.45) is 8.46. The molecule has 11 nitrogen and oxygen atoms in total. The summed E-state index contributed by atoms with van der Waals surface area (Å²) in [7, 11) is -1.97. The van der Waals surface area contributed by atoms with Crippen LogP contribution >= 0.6 is 0 Å². The molecule has 1 saturated heterocycles. The minimum atomic E-state index is -3.65. The lowest BCUT2D eigenvalue weighted by Gasteiger charge is -2.37. The molecule has 0 spiro atoms. The van der Waals surface area contributed by atoms with E-state index in [0.717, 1.165) is 22.3 Å². The Kier molecular flexibility index (Phi) is 5.68. The van der Waals surface area contributed by atoms with Crippen LogP contribution in [-0.4, -0.2) is 91.0 Å². The molecule has 0 aromatic carbocycles. The maximum absolute atomic E-state index is 14.0. The van der Waals surface area contributed by atoms with Gasteiger partial charge in [-0.2, -0.15) is 14.5 Å². The second-order valence-corrected chi connectivity index (χ2v) is 9.87. The number of nitrogens with zero attached hydrogens (tertiary/aromatic N) is 8. The van der Waals surface area contributed by atoms with Crippen LogP contribution in [0, 0.1) is 0 Å². The number of alkyl halides is 1. The fraction of sp³-hybridized carbons (Fsp3) is 0.400. The summed E-state index contributed by atoms with van der Waals surface area (Å²) in [4.78, 5) is 13.6. The van der Waals surface area contributed by atoms with Gasteiger partial charge in [-0.15, -0.1) is 0 Å². The molecule has 13 heteroatoms. The molecule has 1 atom stereocenters. The molecule has 1 unspecified atom stereocenters. The van der Waals surface area contributed by atoms with Crippen molar-refractivity contribution in [2.24, 2.45) is 7.05 Å². The second-order valence-electron chi connectivity index (χ2n) is 7.99. The number of hydrogen-bond acceptors (Lipinski definition) is 7. The number of H-pyrrole nitrogens is 1. The molecule has 4 aromatic heterocycles. The maximum atomic E-state index is 14.0. The fourth-order valence-corrected chi connectivity index (χ4v) is 5.51. The van der Waals surface area contributed by atoms with Crippen LogP contribution in [0.25, 0.3) is 22.3 Å². The van der Waals surface area contributed by atoms with Crippen LogP contribution in [0.3, 0.4) is 0 Å². The predicted octanol–water partition coefficient (Wildman–Crippen LogP) is 0.899. The summed E-state index contributed by atoms with van der Waals surface area (Å²) < 4.78 is 44.1. The summed E-state index contributed by atoms with van der Waals surface area (Å²) in [6, 6.07) is 2.99. The highest BCUT2D eigenvalue weighted by Crippen LogP contribution is 2.24. The third-order valence-corrected chi connectivity index (χ3v) is 7.71. The van der Waals surface area contributed by atoms with Crippen molar-refractivity contribution in [3.05, 3.63) is 43.2 Å². The normalized spacial score (nSPS) is 17.0. The first-order chi connectivity index (χ1) is 16.0. The Morgan fingerprint density at radius 3 is 2.73 bits per heavy atom. The van der Waals surface area contributed by atoms with E-state index in [0.29, 0.717) is 19.6 Å². The number of nitrogens with one attached hydrogen (secondary N) is 1. The zero-order valence-electron chi connectivity index (χ0n) is 18.0. The highest BCUT2D eigenvalue weighted by molar-refractivity contribution is 7.89. The summed E-state index contributed by atoms with van der Waals surface area (Å²) in [5.74, 6) is 0. The van der Waals surface area contributed by atoms with Crippen LogP contribution in [0.15, 0.2) is 48.3 Å².